The summed E-state index contributed by atoms with van der Waals surface area (Å²) in [5.41, 5.74) is 1.19. The maximum Gasteiger partial charge on any atom is 0.330 e. The summed E-state index contributed by atoms with van der Waals surface area (Å²) in [6.45, 7) is -0.202. The fourth-order valence-electron chi connectivity index (χ4n) is 1.96. The van der Waals surface area contributed by atoms with Crippen LogP contribution in [0.15, 0.2) is 48.5 Å². The third-order valence-corrected chi connectivity index (χ3v) is 3.28. The molecule has 0 aromatic heterocycles. The molecule has 6 heteroatoms. The standard InChI is InChI=1S/C18H18O6/c1-23-17-10-12(2-8-15(17)20)3-9-18(22)24-11-16(21)13-4-6-14(19)7-5-13/h2-10,16,19-21H,11H2,1H3/b9-3-/t16-/m1/s1. The monoisotopic (exact) mass is 330 g/mol. The number of carbonyl (C=O) groups is 1. The predicted octanol–water partition coefficient (Wildman–Crippen LogP) is 2.40. The molecule has 0 bridgehead atoms. The van der Waals surface area contributed by atoms with E-state index in [1.807, 2.05) is 0 Å². The van der Waals surface area contributed by atoms with Gasteiger partial charge in [-0.05, 0) is 41.5 Å². The smallest absolute Gasteiger partial charge is 0.330 e. The third kappa shape index (κ3) is 4.76. The third-order valence-electron chi connectivity index (χ3n) is 3.28. The molecule has 0 aliphatic rings. The van der Waals surface area contributed by atoms with Crippen LogP contribution in [0.5, 0.6) is 17.2 Å². The van der Waals surface area contributed by atoms with Crippen LogP contribution in [0.1, 0.15) is 17.2 Å². The molecule has 2 aromatic rings. The maximum absolute atomic E-state index is 11.7. The molecule has 6 nitrogen and oxygen atoms in total. The van der Waals surface area contributed by atoms with Gasteiger partial charge < -0.3 is 24.8 Å². The van der Waals surface area contributed by atoms with Crippen LogP contribution in [0.2, 0.25) is 0 Å². The summed E-state index contributed by atoms with van der Waals surface area (Å²) in [6, 6.07) is 10.6. The van der Waals surface area contributed by atoms with Crippen molar-refractivity contribution >= 4 is 12.0 Å². The highest BCUT2D eigenvalue weighted by Gasteiger charge is 2.10. The Balaban J connectivity index is 1.89. The second kappa shape index (κ2) is 8.03. The Morgan fingerprint density at radius 2 is 1.88 bits per heavy atom. The van der Waals surface area contributed by atoms with E-state index >= 15 is 0 Å². The van der Waals surface area contributed by atoms with Crippen LogP contribution in [0.3, 0.4) is 0 Å². The predicted molar refractivity (Wildman–Crippen MR) is 87.7 cm³/mol. The van der Waals surface area contributed by atoms with Gasteiger partial charge in [0.15, 0.2) is 11.5 Å². The number of hydrogen-bond acceptors (Lipinski definition) is 6. The maximum atomic E-state index is 11.7. The summed E-state index contributed by atoms with van der Waals surface area (Å²) in [5, 5.41) is 28.6. The fraction of sp³-hybridized carbons (Fsp3) is 0.167. The van der Waals surface area contributed by atoms with Crippen molar-refractivity contribution in [3.05, 3.63) is 59.7 Å². The Hall–Kier alpha value is -2.99. The Morgan fingerprint density at radius 3 is 2.54 bits per heavy atom. The highest BCUT2D eigenvalue weighted by atomic mass is 16.5. The average molecular weight is 330 g/mol. The van der Waals surface area contributed by atoms with Crippen LogP contribution in [-0.4, -0.2) is 35.0 Å². The highest BCUT2D eigenvalue weighted by Crippen LogP contribution is 2.26. The first-order valence-corrected chi connectivity index (χ1v) is 7.18. The highest BCUT2D eigenvalue weighted by molar-refractivity contribution is 5.87. The van der Waals surface area contributed by atoms with E-state index in [-0.39, 0.29) is 18.1 Å². The van der Waals surface area contributed by atoms with Crippen molar-refractivity contribution in [2.45, 2.75) is 6.10 Å². The van der Waals surface area contributed by atoms with Crippen molar-refractivity contribution in [1.29, 1.82) is 0 Å². The number of rotatable bonds is 6. The van der Waals surface area contributed by atoms with Gasteiger partial charge in [-0.3, -0.25) is 0 Å². The number of hydrogen-bond donors (Lipinski definition) is 3. The number of phenols is 2. The largest absolute Gasteiger partial charge is 0.508 e. The summed E-state index contributed by atoms with van der Waals surface area (Å²) in [5.74, 6) is -0.211. The van der Waals surface area contributed by atoms with E-state index in [0.717, 1.165) is 0 Å². The van der Waals surface area contributed by atoms with E-state index in [0.29, 0.717) is 16.9 Å². The van der Waals surface area contributed by atoms with Crippen LogP contribution in [0, 0.1) is 0 Å². The van der Waals surface area contributed by atoms with Crippen LogP contribution in [-0.2, 0) is 9.53 Å². The molecule has 0 radical (unpaired) electrons. The molecular formula is C18H18O6. The van der Waals surface area contributed by atoms with Crippen LogP contribution in [0.25, 0.3) is 6.08 Å². The van der Waals surface area contributed by atoms with E-state index in [4.69, 9.17) is 9.47 Å². The summed E-state index contributed by atoms with van der Waals surface area (Å²) in [6.07, 6.45) is 1.75. The lowest BCUT2D eigenvalue weighted by Gasteiger charge is -2.10. The summed E-state index contributed by atoms with van der Waals surface area (Å²) < 4.78 is 9.95. The molecule has 24 heavy (non-hydrogen) atoms. The van der Waals surface area contributed by atoms with Gasteiger partial charge in [-0.25, -0.2) is 4.79 Å². The minimum Gasteiger partial charge on any atom is -0.508 e. The Kier molecular flexibility index (Phi) is 5.81. The molecule has 3 N–H and O–H groups in total. The second-order valence-electron chi connectivity index (χ2n) is 5.00. The lowest BCUT2D eigenvalue weighted by Crippen LogP contribution is -2.10. The van der Waals surface area contributed by atoms with Crippen molar-refractivity contribution in [3.8, 4) is 17.2 Å². The van der Waals surface area contributed by atoms with Crippen LogP contribution in [0.4, 0.5) is 0 Å². The van der Waals surface area contributed by atoms with Gasteiger partial charge in [-0.2, -0.15) is 0 Å². The molecule has 0 spiro atoms. The molecule has 0 aliphatic carbocycles. The molecule has 0 fully saturated rings. The van der Waals surface area contributed by atoms with E-state index in [1.165, 1.54) is 37.5 Å². The van der Waals surface area contributed by atoms with Crippen molar-refractivity contribution in [2.24, 2.45) is 0 Å². The van der Waals surface area contributed by atoms with Gasteiger partial charge >= 0.3 is 5.97 Å². The SMILES string of the molecule is COc1cc(/C=C\C(=O)OC[C@@H](O)c2ccc(O)cc2)ccc1O. The average Bonchev–Trinajstić information content (AvgIpc) is 2.59. The molecule has 2 rings (SSSR count). The molecule has 1 atom stereocenters. The van der Waals surface area contributed by atoms with Gasteiger partial charge in [0, 0.05) is 6.08 Å². The zero-order valence-electron chi connectivity index (χ0n) is 13.0. The van der Waals surface area contributed by atoms with E-state index in [1.54, 1.807) is 24.3 Å². The van der Waals surface area contributed by atoms with Crippen molar-refractivity contribution < 1.29 is 29.6 Å². The number of esters is 1. The molecule has 2 aromatic carbocycles. The molecule has 0 amide bonds. The molecule has 0 aliphatic heterocycles. The molecule has 126 valence electrons. The normalized spacial score (nSPS) is 12.1. The van der Waals surface area contributed by atoms with E-state index < -0.39 is 12.1 Å². The molecule has 0 heterocycles. The van der Waals surface area contributed by atoms with E-state index in [2.05, 4.69) is 0 Å². The quantitative estimate of drug-likeness (QED) is 0.556. The first kappa shape index (κ1) is 17.4. The number of methoxy groups -OCH3 is 1. The lowest BCUT2D eigenvalue weighted by atomic mass is 10.1. The Morgan fingerprint density at radius 1 is 1.17 bits per heavy atom. The van der Waals surface area contributed by atoms with Gasteiger partial charge in [0.1, 0.15) is 18.5 Å². The van der Waals surface area contributed by atoms with E-state index in [9.17, 15) is 20.1 Å². The first-order chi connectivity index (χ1) is 11.5. The first-order valence-electron chi connectivity index (χ1n) is 7.18. The Bertz CT molecular complexity index is 721. The number of ether oxygens (including phenoxy) is 2. The fourth-order valence-corrected chi connectivity index (χ4v) is 1.96. The number of aliphatic hydroxyl groups excluding tert-OH is 1. The van der Waals surface area contributed by atoms with Gasteiger partial charge in [-0.1, -0.05) is 18.2 Å². The Labute approximate surface area is 139 Å². The molecule has 0 saturated carbocycles. The summed E-state index contributed by atoms with van der Waals surface area (Å²) >= 11 is 0. The minimum atomic E-state index is -0.975. The summed E-state index contributed by atoms with van der Waals surface area (Å²) in [7, 11) is 1.43. The van der Waals surface area contributed by atoms with Gasteiger partial charge in [-0.15, -0.1) is 0 Å². The number of aromatic hydroxyl groups is 2. The van der Waals surface area contributed by atoms with Crippen molar-refractivity contribution in [2.75, 3.05) is 13.7 Å². The number of aliphatic hydroxyl groups is 1. The number of phenolic OH excluding ortho intramolecular Hbond substituents is 2. The summed E-state index contributed by atoms with van der Waals surface area (Å²) in [4.78, 5) is 11.7. The minimum absolute atomic E-state index is 0.00856. The molecular weight excluding hydrogens is 312 g/mol. The molecule has 0 unspecified atom stereocenters. The number of benzene rings is 2. The topological polar surface area (TPSA) is 96.2 Å². The molecule has 0 saturated heterocycles. The number of carbonyl (C=O) groups excluding carboxylic acids is 1. The van der Waals surface area contributed by atoms with Crippen LogP contribution < -0.4 is 4.74 Å². The van der Waals surface area contributed by atoms with Gasteiger partial charge in [0.2, 0.25) is 0 Å². The van der Waals surface area contributed by atoms with Crippen molar-refractivity contribution in [3.63, 3.8) is 0 Å². The zero-order valence-corrected chi connectivity index (χ0v) is 13.0. The lowest BCUT2D eigenvalue weighted by molar-refractivity contribution is -0.140. The van der Waals surface area contributed by atoms with Crippen molar-refractivity contribution in [1.82, 2.24) is 0 Å². The second-order valence-corrected chi connectivity index (χ2v) is 5.00. The van der Waals surface area contributed by atoms with Crippen LogP contribution >= 0.6 is 0 Å². The van der Waals surface area contributed by atoms with Gasteiger partial charge in [0.05, 0.1) is 7.11 Å². The van der Waals surface area contributed by atoms with Gasteiger partial charge in [0.25, 0.3) is 0 Å². The zero-order chi connectivity index (χ0) is 17.5.